The number of rotatable bonds is 8. The average Bonchev–Trinajstić information content (AvgIpc) is 2.71. The Morgan fingerprint density at radius 3 is 2.52 bits per heavy atom. The van der Waals surface area contributed by atoms with Gasteiger partial charge in [-0.2, -0.15) is 4.98 Å². The first kappa shape index (κ1) is 23.1. The third-order valence-electron chi connectivity index (χ3n) is 4.59. The molecule has 0 radical (unpaired) electrons. The van der Waals surface area contributed by atoms with Gasteiger partial charge in [-0.05, 0) is 38.3 Å². The highest BCUT2D eigenvalue weighted by molar-refractivity contribution is 7.89. The van der Waals surface area contributed by atoms with Crippen LogP contribution >= 0.6 is 0 Å². The third kappa shape index (κ3) is 6.69. The van der Waals surface area contributed by atoms with Crippen LogP contribution in [0.3, 0.4) is 0 Å². The van der Waals surface area contributed by atoms with Gasteiger partial charge in [0.05, 0.1) is 0 Å². The highest BCUT2D eigenvalue weighted by Gasteiger charge is 2.33. The number of para-hydroxylation sites is 1. The summed E-state index contributed by atoms with van der Waals surface area (Å²) in [5.74, 6) is 0.387. The number of hydrogen-bond acceptors (Lipinski definition) is 7. The van der Waals surface area contributed by atoms with E-state index in [0.29, 0.717) is 5.95 Å². The topological polar surface area (TPSA) is 96.5 Å². The highest BCUT2D eigenvalue weighted by atomic mass is 32.2. The molecular formula is C19H24F3N5O3S. The molecule has 0 atom stereocenters. The molecule has 3 rings (SSSR count). The molecule has 170 valence electrons. The summed E-state index contributed by atoms with van der Waals surface area (Å²) in [6.07, 6.45) is -1.59. The predicted molar refractivity (Wildman–Crippen MR) is 110 cm³/mol. The van der Waals surface area contributed by atoms with Crippen molar-refractivity contribution in [3.05, 3.63) is 36.0 Å². The number of aryl methyl sites for hydroxylation is 1. The summed E-state index contributed by atoms with van der Waals surface area (Å²) in [4.78, 5) is 10.4. The van der Waals surface area contributed by atoms with Crippen molar-refractivity contribution in [3.63, 3.8) is 0 Å². The van der Waals surface area contributed by atoms with Crippen molar-refractivity contribution < 1.29 is 26.3 Å². The molecule has 0 bridgehead atoms. The van der Waals surface area contributed by atoms with E-state index in [2.05, 4.69) is 29.6 Å². The lowest BCUT2D eigenvalue weighted by Crippen LogP contribution is -2.31. The molecule has 2 heterocycles. The van der Waals surface area contributed by atoms with Gasteiger partial charge in [0.25, 0.3) is 0 Å². The molecular weight excluding hydrogens is 435 g/mol. The molecule has 1 saturated heterocycles. The summed E-state index contributed by atoms with van der Waals surface area (Å²) in [5.41, 5.74) is 0.775. The van der Waals surface area contributed by atoms with Gasteiger partial charge in [-0.3, -0.25) is 0 Å². The maximum atomic E-state index is 12.5. The van der Waals surface area contributed by atoms with Crippen LogP contribution in [0.5, 0.6) is 5.75 Å². The van der Waals surface area contributed by atoms with E-state index < -0.39 is 27.0 Å². The first-order valence-corrected chi connectivity index (χ1v) is 11.3. The Morgan fingerprint density at radius 1 is 1.10 bits per heavy atom. The second-order valence-electron chi connectivity index (χ2n) is 7.06. The largest absolute Gasteiger partial charge is 0.573 e. The van der Waals surface area contributed by atoms with Crippen LogP contribution in [0.2, 0.25) is 0 Å². The number of nitrogens with zero attached hydrogens (tertiary/aromatic N) is 3. The van der Waals surface area contributed by atoms with Gasteiger partial charge in [0.2, 0.25) is 16.0 Å². The van der Waals surface area contributed by atoms with Gasteiger partial charge in [0.1, 0.15) is 16.5 Å². The molecule has 1 aromatic carbocycles. The number of hydrogen-bond donors (Lipinski definition) is 2. The maximum Gasteiger partial charge on any atom is 0.573 e. The lowest BCUT2D eigenvalue weighted by atomic mass is 10.1. The van der Waals surface area contributed by atoms with Gasteiger partial charge in [-0.1, -0.05) is 12.1 Å². The molecule has 0 spiro atoms. The summed E-state index contributed by atoms with van der Waals surface area (Å²) in [6, 6.07) is 6.47. The van der Waals surface area contributed by atoms with Gasteiger partial charge in [-0.25, -0.2) is 18.1 Å². The summed E-state index contributed by atoms with van der Waals surface area (Å²) >= 11 is 0. The Labute approximate surface area is 178 Å². The average molecular weight is 459 g/mol. The van der Waals surface area contributed by atoms with Crippen molar-refractivity contribution in [2.45, 2.75) is 37.4 Å². The second kappa shape index (κ2) is 9.69. The summed E-state index contributed by atoms with van der Waals surface area (Å²) < 4.78 is 68.6. The van der Waals surface area contributed by atoms with E-state index in [-0.39, 0.29) is 13.1 Å². The molecule has 0 amide bonds. The number of benzene rings is 1. The summed E-state index contributed by atoms with van der Waals surface area (Å²) in [6.45, 7) is 3.76. The lowest BCUT2D eigenvalue weighted by molar-refractivity contribution is -0.275. The Hall–Kier alpha value is -2.60. The maximum absolute atomic E-state index is 12.5. The lowest BCUT2D eigenvalue weighted by Gasteiger charge is -2.28. The van der Waals surface area contributed by atoms with Crippen molar-refractivity contribution in [2.24, 2.45) is 0 Å². The Morgan fingerprint density at radius 2 is 1.81 bits per heavy atom. The van der Waals surface area contributed by atoms with Crippen LogP contribution in [0, 0.1) is 6.92 Å². The predicted octanol–water partition coefficient (Wildman–Crippen LogP) is 3.06. The van der Waals surface area contributed by atoms with Crippen LogP contribution in [0.15, 0.2) is 35.2 Å². The molecule has 0 unspecified atom stereocenters. The zero-order valence-corrected chi connectivity index (χ0v) is 17.8. The normalized spacial score (nSPS) is 15.0. The van der Waals surface area contributed by atoms with Crippen LogP contribution in [-0.2, 0) is 10.0 Å². The number of halogens is 3. The number of anilines is 2. The van der Waals surface area contributed by atoms with Crippen molar-refractivity contribution in [1.29, 1.82) is 0 Å². The smallest absolute Gasteiger partial charge is 0.404 e. The fourth-order valence-electron chi connectivity index (χ4n) is 3.23. The molecule has 1 aliphatic rings. The van der Waals surface area contributed by atoms with Gasteiger partial charge in [0, 0.05) is 37.9 Å². The zero-order chi connectivity index (χ0) is 22.5. The molecule has 12 heteroatoms. The quantitative estimate of drug-likeness (QED) is 0.586. The van der Waals surface area contributed by atoms with E-state index in [1.54, 1.807) is 0 Å². The Bertz CT molecular complexity index is 996. The molecule has 2 aromatic rings. The zero-order valence-electron chi connectivity index (χ0n) is 16.9. The monoisotopic (exact) mass is 459 g/mol. The Kier molecular flexibility index (Phi) is 7.21. The molecule has 8 nitrogen and oxygen atoms in total. The minimum atomic E-state index is -5.00. The third-order valence-corrected chi connectivity index (χ3v) is 6.09. The van der Waals surface area contributed by atoms with E-state index in [1.807, 2.05) is 13.0 Å². The van der Waals surface area contributed by atoms with E-state index in [4.69, 9.17) is 0 Å². The first-order chi connectivity index (χ1) is 14.6. The van der Waals surface area contributed by atoms with E-state index >= 15 is 0 Å². The molecule has 0 saturated carbocycles. The number of aromatic nitrogens is 2. The van der Waals surface area contributed by atoms with Crippen LogP contribution in [0.1, 0.15) is 25.0 Å². The van der Waals surface area contributed by atoms with Gasteiger partial charge in [-0.15, -0.1) is 13.2 Å². The van der Waals surface area contributed by atoms with Gasteiger partial charge in [0.15, 0.2) is 0 Å². The molecule has 1 aromatic heterocycles. The number of ether oxygens (including phenoxy) is 1. The number of nitrogens with one attached hydrogen (secondary N) is 2. The van der Waals surface area contributed by atoms with Crippen molar-refractivity contribution in [3.8, 4) is 5.75 Å². The number of sulfonamides is 1. The van der Waals surface area contributed by atoms with Crippen molar-refractivity contribution >= 4 is 21.8 Å². The molecule has 0 aliphatic carbocycles. The SMILES string of the molecule is Cc1cc(N2CCCCC2)nc(NCCNS(=O)(=O)c2ccccc2OC(F)(F)F)n1. The fraction of sp³-hybridized carbons (Fsp3) is 0.474. The molecule has 31 heavy (non-hydrogen) atoms. The summed E-state index contributed by atoms with van der Waals surface area (Å²) in [7, 11) is -4.22. The molecule has 1 aliphatic heterocycles. The Balaban J connectivity index is 1.60. The fourth-order valence-corrected chi connectivity index (χ4v) is 4.39. The van der Waals surface area contributed by atoms with Gasteiger partial charge < -0.3 is 15.0 Å². The van der Waals surface area contributed by atoms with Gasteiger partial charge >= 0.3 is 6.36 Å². The van der Waals surface area contributed by atoms with E-state index in [1.165, 1.54) is 18.6 Å². The van der Waals surface area contributed by atoms with Crippen molar-refractivity contribution in [2.75, 3.05) is 36.4 Å². The van der Waals surface area contributed by atoms with Crippen molar-refractivity contribution in [1.82, 2.24) is 14.7 Å². The van der Waals surface area contributed by atoms with Crippen LogP contribution in [0.25, 0.3) is 0 Å². The van der Waals surface area contributed by atoms with E-state index in [9.17, 15) is 21.6 Å². The minimum Gasteiger partial charge on any atom is -0.404 e. The molecule has 1 fully saturated rings. The summed E-state index contributed by atoms with van der Waals surface area (Å²) in [5, 5.41) is 2.95. The van der Waals surface area contributed by atoms with Crippen LogP contribution in [-0.4, -0.2) is 50.9 Å². The van der Waals surface area contributed by atoms with Crippen LogP contribution in [0.4, 0.5) is 24.9 Å². The number of alkyl halides is 3. The number of piperidine rings is 1. The highest BCUT2D eigenvalue weighted by Crippen LogP contribution is 2.29. The first-order valence-electron chi connectivity index (χ1n) is 9.83. The second-order valence-corrected chi connectivity index (χ2v) is 8.79. The molecule has 2 N–H and O–H groups in total. The van der Waals surface area contributed by atoms with E-state index in [0.717, 1.165) is 49.6 Å². The van der Waals surface area contributed by atoms with Crippen LogP contribution < -0.4 is 19.7 Å². The minimum absolute atomic E-state index is 0.0843. The standard InChI is InChI=1S/C19H24F3N5O3S/c1-14-13-17(27-11-5-2-6-12-27)26-18(25-14)23-9-10-24-31(28,29)16-8-4-3-7-15(16)30-19(20,21)22/h3-4,7-8,13,24H,2,5-6,9-12H2,1H3,(H,23,25,26).